The molecule has 0 rings (SSSR count). The van der Waals surface area contributed by atoms with E-state index in [1.165, 1.54) is 7.05 Å². The first-order valence-corrected chi connectivity index (χ1v) is 4.03. The Morgan fingerprint density at radius 2 is 1.75 bits per heavy atom. The average Bonchev–Trinajstić information content (AvgIpc) is 2.06. The summed E-state index contributed by atoms with van der Waals surface area (Å²) in [6.45, 7) is 4.13. The molecule has 0 atom stereocenters. The Morgan fingerprint density at radius 1 is 1.17 bits per heavy atom. The first-order chi connectivity index (χ1) is 5.67. The molecule has 0 heterocycles. The first kappa shape index (κ1) is 10.9. The van der Waals surface area contributed by atoms with Crippen LogP contribution in [0.25, 0.3) is 0 Å². The van der Waals surface area contributed by atoms with Crippen molar-refractivity contribution in [3.8, 4) is 0 Å². The van der Waals surface area contributed by atoms with Crippen LogP contribution in [0.2, 0.25) is 0 Å². The fourth-order valence-electron chi connectivity index (χ4n) is 0.842. The lowest BCUT2D eigenvalue weighted by Crippen LogP contribution is -2.38. The topological polar surface area (TPSA) is 58.2 Å². The Balaban J connectivity index is 4.14. The zero-order chi connectivity index (χ0) is 9.56. The van der Waals surface area contributed by atoms with Crippen molar-refractivity contribution in [2.75, 3.05) is 13.6 Å². The van der Waals surface area contributed by atoms with Crippen molar-refractivity contribution in [3.05, 3.63) is 5.92 Å². The molecule has 0 saturated carbocycles. The summed E-state index contributed by atoms with van der Waals surface area (Å²) < 4.78 is 0. The number of hydrogen-bond donors (Lipinski definition) is 2. The number of rotatable bonds is 4. The molecule has 0 aliphatic carbocycles. The molecule has 0 bridgehead atoms. The molecule has 0 saturated heterocycles. The highest BCUT2D eigenvalue weighted by molar-refractivity contribution is 6.14. The lowest BCUT2D eigenvalue weighted by atomic mass is 10.1. The summed E-state index contributed by atoms with van der Waals surface area (Å²) in [6, 6.07) is 0. The van der Waals surface area contributed by atoms with Crippen LogP contribution in [0, 0.1) is 5.92 Å². The first-order valence-electron chi connectivity index (χ1n) is 4.03. The van der Waals surface area contributed by atoms with E-state index in [0.717, 1.165) is 0 Å². The van der Waals surface area contributed by atoms with E-state index in [1.807, 2.05) is 6.92 Å². The fraction of sp³-hybridized carbons (Fsp3) is 0.625. The van der Waals surface area contributed by atoms with E-state index in [-0.39, 0.29) is 17.7 Å². The largest absolute Gasteiger partial charge is 0.358 e. The monoisotopic (exact) mass is 171 g/mol. The van der Waals surface area contributed by atoms with E-state index in [2.05, 4.69) is 10.6 Å². The van der Waals surface area contributed by atoms with Gasteiger partial charge in [0.15, 0.2) is 5.92 Å². The van der Waals surface area contributed by atoms with Crippen molar-refractivity contribution >= 4 is 11.8 Å². The lowest BCUT2D eigenvalue weighted by Gasteiger charge is -2.10. The Bertz CT molecular complexity index is 168. The van der Waals surface area contributed by atoms with Gasteiger partial charge in [-0.05, 0) is 13.3 Å². The van der Waals surface area contributed by atoms with Crippen LogP contribution >= 0.6 is 0 Å². The van der Waals surface area contributed by atoms with Crippen molar-refractivity contribution in [1.29, 1.82) is 0 Å². The third kappa shape index (κ3) is 2.90. The molecule has 0 unspecified atom stereocenters. The van der Waals surface area contributed by atoms with Gasteiger partial charge in [0.1, 0.15) is 0 Å². The van der Waals surface area contributed by atoms with Crippen LogP contribution in [0.5, 0.6) is 0 Å². The average molecular weight is 171 g/mol. The van der Waals surface area contributed by atoms with Crippen molar-refractivity contribution in [2.24, 2.45) is 0 Å². The van der Waals surface area contributed by atoms with Gasteiger partial charge < -0.3 is 10.6 Å². The molecule has 0 spiro atoms. The predicted molar refractivity (Wildman–Crippen MR) is 46.3 cm³/mol. The van der Waals surface area contributed by atoms with Gasteiger partial charge in [-0.1, -0.05) is 6.92 Å². The van der Waals surface area contributed by atoms with Gasteiger partial charge in [-0.3, -0.25) is 9.59 Å². The maximum atomic E-state index is 11.2. The Labute approximate surface area is 72.7 Å². The van der Waals surface area contributed by atoms with Gasteiger partial charge in [0.25, 0.3) is 0 Å². The standard InChI is InChI=1S/C8H15N2O2/c1-4-6(7(11)9-3)8(12)10-5-2/h4-5H2,1-3H3,(H,9,11)(H,10,12). The second kappa shape index (κ2) is 5.57. The van der Waals surface area contributed by atoms with Crippen LogP contribution in [-0.2, 0) is 9.59 Å². The minimum Gasteiger partial charge on any atom is -0.358 e. The summed E-state index contributed by atoms with van der Waals surface area (Å²) in [6.07, 6.45) is 0.450. The highest BCUT2D eigenvalue weighted by Gasteiger charge is 2.23. The van der Waals surface area contributed by atoms with Gasteiger partial charge in [-0.25, -0.2) is 0 Å². The third-order valence-corrected chi connectivity index (χ3v) is 1.47. The van der Waals surface area contributed by atoms with Crippen molar-refractivity contribution in [1.82, 2.24) is 10.6 Å². The van der Waals surface area contributed by atoms with Crippen molar-refractivity contribution < 1.29 is 9.59 Å². The normalized spacial score (nSPS) is 9.67. The summed E-state index contributed by atoms with van der Waals surface area (Å²) >= 11 is 0. The highest BCUT2D eigenvalue weighted by Crippen LogP contribution is 2.04. The molecule has 2 amide bonds. The van der Waals surface area contributed by atoms with E-state index in [4.69, 9.17) is 0 Å². The Hall–Kier alpha value is -1.06. The highest BCUT2D eigenvalue weighted by atomic mass is 16.2. The Kier molecular flexibility index (Phi) is 5.08. The molecule has 4 nitrogen and oxygen atoms in total. The molecule has 0 aliphatic rings. The quantitative estimate of drug-likeness (QED) is 0.578. The van der Waals surface area contributed by atoms with Gasteiger partial charge in [0.2, 0.25) is 11.8 Å². The zero-order valence-electron chi connectivity index (χ0n) is 7.73. The van der Waals surface area contributed by atoms with Gasteiger partial charge in [0, 0.05) is 13.6 Å². The van der Waals surface area contributed by atoms with Crippen LogP contribution in [0.15, 0.2) is 0 Å². The smallest absolute Gasteiger partial charge is 0.237 e. The summed E-state index contributed by atoms with van der Waals surface area (Å²) in [4.78, 5) is 22.2. The summed E-state index contributed by atoms with van der Waals surface area (Å²) in [7, 11) is 1.51. The van der Waals surface area contributed by atoms with Crippen LogP contribution in [0.1, 0.15) is 20.3 Å². The molecule has 0 aromatic heterocycles. The van der Waals surface area contributed by atoms with Crippen LogP contribution in [-0.4, -0.2) is 25.4 Å². The Morgan fingerprint density at radius 3 is 2.08 bits per heavy atom. The van der Waals surface area contributed by atoms with Crippen LogP contribution in [0.3, 0.4) is 0 Å². The fourth-order valence-corrected chi connectivity index (χ4v) is 0.842. The second-order valence-electron chi connectivity index (χ2n) is 2.27. The van der Waals surface area contributed by atoms with Gasteiger partial charge >= 0.3 is 0 Å². The van der Waals surface area contributed by atoms with E-state index in [9.17, 15) is 9.59 Å². The molecule has 12 heavy (non-hydrogen) atoms. The minimum atomic E-state index is -0.302. The second-order valence-corrected chi connectivity index (χ2v) is 2.27. The van der Waals surface area contributed by atoms with Crippen LogP contribution in [0.4, 0.5) is 0 Å². The van der Waals surface area contributed by atoms with Gasteiger partial charge in [0.05, 0.1) is 0 Å². The van der Waals surface area contributed by atoms with Gasteiger partial charge in [-0.2, -0.15) is 0 Å². The number of hydrogen-bond acceptors (Lipinski definition) is 2. The molecule has 1 radical (unpaired) electrons. The van der Waals surface area contributed by atoms with E-state index < -0.39 is 0 Å². The molecule has 0 aromatic carbocycles. The van der Waals surface area contributed by atoms with Crippen molar-refractivity contribution in [3.63, 3.8) is 0 Å². The summed E-state index contributed by atoms with van der Waals surface area (Å²) in [5.74, 6) is -0.304. The number of carbonyl (C=O) groups excluding carboxylic acids is 2. The van der Waals surface area contributed by atoms with E-state index in [1.54, 1.807) is 6.92 Å². The van der Waals surface area contributed by atoms with E-state index in [0.29, 0.717) is 13.0 Å². The molecule has 69 valence electrons. The SMILES string of the molecule is CCNC(=O)[C](CC)C(=O)NC. The minimum absolute atomic E-state index is 0.277. The van der Waals surface area contributed by atoms with Gasteiger partial charge in [-0.15, -0.1) is 0 Å². The molecule has 4 heteroatoms. The third-order valence-electron chi connectivity index (χ3n) is 1.47. The number of carbonyl (C=O) groups is 2. The molecule has 2 N–H and O–H groups in total. The molecule has 0 fully saturated rings. The van der Waals surface area contributed by atoms with Crippen LogP contribution < -0.4 is 10.6 Å². The molecule has 0 aromatic rings. The molecule has 0 aliphatic heterocycles. The number of amides is 2. The van der Waals surface area contributed by atoms with E-state index >= 15 is 0 Å². The summed E-state index contributed by atoms with van der Waals surface area (Å²) in [5, 5.41) is 4.99. The maximum Gasteiger partial charge on any atom is 0.237 e. The van der Waals surface area contributed by atoms with Crippen molar-refractivity contribution in [2.45, 2.75) is 20.3 Å². The number of nitrogens with one attached hydrogen (secondary N) is 2. The molecular weight excluding hydrogens is 156 g/mol. The summed E-state index contributed by atoms with van der Waals surface area (Å²) in [5.41, 5.74) is 0. The predicted octanol–water partition coefficient (Wildman–Crippen LogP) is -0.147. The maximum absolute atomic E-state index is 11.2. The lowest BCUT2D eigenvalue weighted by molar-refractivity contribution is -0.126. The zero-order valence-corrected chi connectivity index (χ0v) is 7.73. The molecular formula is C8H15N2O2.